The first kappa shape index (κ1) is 16.2. The Balaban J connectivity index is 2.02. The van der Waals surface area contributed by atoms with Crippen LogP contribution in [0.15, 0.2) is 18.2 Å². The topological polar surface area (TPSA) is 64.3 Å². The highest BCUT2D eigenvalue weighted by Gasteiger charge is 2.52. The standard InChI is InChI=1S/C18H25FN2O2/c1-23-17(22)16-18(20,12-7-5-3-2-4-6-8-12)14-11-13(19)9-10-15(14)21-16/h9-12,16,21H,2-8,20H2,1H3. The van der Waals surface area contributed by atoms with Crippen molar-refractivity contribution in [2.75, 3.05) is 12.4 Å². The summed E-state index contributed by atoms with van der Waals surface area (Å²) >= 11 is 0. The molecule has 126 valence electrons. The molecule has 2 unspecified atom stereocenters. The predicted molar refractivity (Wildman–Crippen MR) is 87.5 cm³/mol. The number of nitrogens with one attached hydrogen (secondary N) is 1. The van der Waals surface area contributed by atoms with Crippen LogP contribution in [0.1, 0.15) is 50.5 Å². The van der Waals surface area contributed by atoms with Gasteiger partial charge in [-0.25, -0.2) is 9.18 Å². The van der Waals surface area contributed by atoms with Crippen molar-refractivity contribution in [2.45, 2.75) is 56.5 Å². The second-order valence-electron chi connectivity index (χ2n) is 6.77. The van der Waals surface area contributed by atoms with Crippen molar-refractivity contribution < 1.29 is 13.9 Å². The van der Waals surface area contributed by atoms with Gasteiger partial charge >= 0.3 is 5.97 Å². The molecule has 0 spiro atoms. The largest absolute Gasteiger partial charge is 0.467 e. The van der Waals surface area contributed by atoms with Gasteiger partial charge in [0, 0.05) is 11.3 Å². The number of ether oxygens (including phenoxy) is 1. The maximum atomic E-state index is 13.8. The van der Waals surface area contributed by atoms with Crippen LogP contribution >= 0.6 is 0 Å². The predicted octanol–water partition coefficient (Wildman–Crippen LogP) is 3.31. The average molecular weight is 320 g/mol. The second kappa shape index (κ2) is 6.48. The maximum Gasteiger partial charge on any atom is 0.330 e. The fraction of sp³-hybridized carbons (Fsp3) is 0.611. The molecule has 3 N–H and O–H groups in total. The Morgan fingerprint density at radius 1 is 1.26 bits per heavy atom. The number of carbonyl (C=O) groups excluding carboxylic acids is 1. The molecule has 1 aliphatic heterocycles. The Bertz CT molecular complexity index is 584. The van der Waals surface area contributed by atoms with Gasteiger partial charge in [-0.1, -0.05) is 32.1 Å². The van der Waals surface area contributed by atoms with Crippen molar-refractivity contribution in [1.82, 2.24) is 0 Å². The first-order valence-electron chi connectivity index (χ1n) is 8.50. The van der Waals surface area contributed by atoms with E-state index in [1.54, 1.807) is 6.07 Å². The Hall–Kier alpha value is -1.62. The van der Waals surface area contributed by atoms with Crippen LogP contribution in [0, 0.1) is 11.7 Å². The molecule has 1 saturated carbocycles. The fourth-order valence-corrected chi connectivity index (χ4v) is 4.19. The number of halogens is 1. The number of methoxy groups -OCH3 is 1. The van der Waals surface area contributed by atoms with Crippen molar-refractivity contribution >= 4 is 11.7 Å². The molecule has 0 bridgehead atoms. The lowest BCUT2D eigenvalue weighted by molar-refractivity contribution is -0.143. The zero-order valence-corrected chi connectivity index (χ0v) is 13.6. The summed E-state index contributed by atoms with van der Waals surface area (Å²) in [5, 5.41) is 3.17. The summed E-state index contributed by atoms with van der Waals surface area (Å²) < 4.78 is 18.8. The smallest absolute Gasteiger partial charge is 0.330 e. The van der Waals surface area contributed by atoms with Gasteiger partial charge in [-0.05, 0) is 37.0 Å². The Kier molecular flexibility index (Phi) is 4.57. The van der Waals surface area contributed by atoms with Gasteiger partial charge in [-0.15, -0.1) is 0 Å². The normalized spacial score (nSPS) is 28.4. The lowest BCUT2D eigenvalue weighted by atomic mass is 9.70. The molecule has 1 fully saturated rings. The van der Waals surface area contributed by atoms with E-state index in [2.05, 4.69) is 5.32 Å². The summed E-state index contributed by atoms with van der Waals surface area (Å²) in [5.74, 6) is -0.564. The van der Waals surface area contributed by atoms with Gasteiger partial charge in [-0.3, -0.25) is 0 Å². The van der Waals surface area contributed by atoms with Crippen molar-refractivity contribution in [2.24, 2.45) is 11.7 Å². The third kappa shape index (κ3) is 2.82. The van der Waals surface area contributed by atoms with Crippen LogP contribution < -0.4 is 11.1 Å². The van der Waals surface area contributed by atoms with Gasteiger partial charge in [0.05, 0.1) is 12.6 Å². The first-order chi connectivity index (χ1) is 11.1. The summed E-state index contributed by atoms with van der Waals surface area (Å²) in [5.41, 5.74) is 7.36. The van der Waals surface area contributed by atoms with Crippen LogP contribution in [0.2, 0.25) is 0 Å². The van der Waals surface area contributed by atoms with Crippen LogP contribution in [-0.4, -0.2) is 19.1 Å². The average Bonchev–Trinajstić information content (AvgIpc) is 2.80. The zero-order valence-electron chi connectivity index (χ0n) is 13.6. The number of rotatable bonds is 2. The zero-order chi connectivity index (χ0) is 16.4. The third-order valence-corrected chi connectivity index (χ3v) is 5.44. The molecule has 2 aliphatic rings. The van der Waals surface area contributed by atoms with Gasteiger partial charge in [-0.2, -0.15) is 0 Å². The number of esters is 1. The molecular weight excluding hydrogens is 295 g/mol. The number of anilines is 1. The van der Waals surface area contributed by atoms with E-state index in [1.165, 1.54) is 38.5 Å². The lowest BCUT2D eigenvalue weighted by Gasteiger charge is -2.39. The van der Waals surface area contributed by atoms with Gasteiger partial charge < -0.3 is 15.8 Å². The third-order valence-electron chi connectivity index (χ3n) is 5.44. The number of benzene rings is 1. The minimum atomic E-state index is -0.915. The minimum absolute atomic E-state index is 0.141. The molecule has 1 aliphatic carbocycles. The summed E-state index contributed by atoms with van der Waals surface area (Å²) in [6.45, 7) is 0. The van der Waals surface area contributed by atoms with Crippen LogP contribution in [0.3, 0.4) is 0 Å². The van der Waals surface area contributed by atoms with E-state index in [4.69, 9.17) is 10.5 Å². The summed E-state index contributed by atoms with van der Waals surface area (Å²) in [6, 6.07) is 3.88. The number of fused-ring (bicyclic) bond motifs is 1. The Morgan fingerprint density at radius 3 is 2.57 bits per heavy atom. The SMILES string of the molecule is COC(=O)C1Nc2ccc(F)cc2C1(N)C1CCCCCCC1. The van der Waals surface area contributed by atoms with Crippen molar-refractivity contribution in [1.29, 1.82) is 0 Å². The van der Waals surface area contributed by atoms with E-state index in [-0.39, 0.29) is 17.7 Å². The van der Waals surface area contributed by atoms with Crippen molar-refractivity contribution in [3.8, 4) is 0 Å². The number of carbonyl (C=O) groups is 1. The monoisotopic (exact) mass is 320 g/mol. The van der Waals surface area contributed by atoms with Crippen LogP contribution in [-0.2, 0) is 15.1 Å². The number of nitrogens with two attached hydrogens (primary N) is 1. The molecule has 1 aromatic rings. The summed E-state index contributed by atoms with van der Waals surface area (Å²) in [7, 11) is 1.37. The highest BCUT2D eigenvalue weighted by molar-refractivity contribution is 5.85. The molecule has 0 saturated heterocycles. The molecular formula is C18H25FN2O2. The second-order valence-corrected chi connectivity index (χ2v) is 6.77. The van der Waals surface area contributed by atoms with Gasteiger partial charge in [0.2, 0.25) is 0 Å². The maximum absolute atomic E-state index is 13.8. The molecule has 0 aromatic heterocycles. The van der Waals surface area contributed by atoms with Crippen LogP contribution in [0.4, 0.5) is 10.1 Å². The molecule has 0 amide bonds. The van der Waals surface area contributed by atoms with Gasteiger partial charge in [0.1, 0.15) is 11.9 Å². The summed E-state index contributed by atoms with van der Waals surface area (Å²) in [6.07, 6.45) is 7.76. The van der Waals surface area contributed by atoms with E-state index in [0.29, 0.717) is 5.56 Å². The van der Waals surface area contributed by atoms with E-state index in [1.807, 2.05) is 0 Å². The van der Waals surface area contributed by atoms with Crippen molar-refractivity contribution in [3.05, 3.63) is 29.6 Å². The van der Waals surface area contributed by atoms with E-state index >= 15 is 0 Å². The van der Waals surface area contributed by atoms with E-state index in [0.717, 1.165) is 31.4 Å². The molecule has 1 heterocycles. The molecule has 3 rings (SSSR count). The van der Waals surface area contributed by atoms with Gasteiger partial charge in [0.15, 0.2) is 0 Å². The summed E-state index contributed by atoms with van der Waals surface area (Å²) in [4.78, 5) is 12.3. The van der Waals surface area contributed by atoms with Crippen LogP contribution in [0.5, 0.6) is 0 Å². The minimum Gasteiger partial charge on any atom is -0.467 e. The van der Waals surface area contributed by atoms with E-state index in [9.17, 15) is 9.18 Å². The quantitative estimate of drug-likeness (QED) is 0.821. The van der Waals surface area contributed by atoms with Crippen molar-refractivity contribution in [3.63, 3.8) is 0 Å². The van der Waals surface area contributed by atoms with Crippen LogP contribution in [0.25, 0.3) is 0 Å². The van der Waals surface area contributed by atoms with E-state index < -0.39 is 11.6 Å². The molecule has 5 heteroatoms. The molecule has 2 atom stereocenters. The molecule has 0 radical (unpaired) electrons. The Labute approximate surface area is 136 Å². The molecule has 23 heavy (non-hydrogen) atoms. The Morgan fingerprint density at radius 2 is 1.91 bits per heavy atom. The molecule has 4 nitrogen and oxygen atoms in total. The number of hydrogen-bond acceptors (Lipinski definition) is 4. The first-order valence-corrected chi connectivity index (χ1v) is 8.50. The molecule has 1 aromatic carbocycles. The van der Waals surface area contributed by atoms with Gasteiger partial charge in [0.25, 0.3) is 0 Å². The number of hydrogen-bond donors (Lipinski definition) is 2. The lowest BCUT2D eigenvalue weighted by Crippen LogP contribution is -2.56. The highest BCUT2D eigenvalue weighted by Crippen LogP contribution is 2.47. The highest BCUT2D eigenvalue weighted by atomic mass is 19.1. The fourth-order valence-electron chi connectivity index (χ4n) is 4.19.